The summed E-state index contributed by atoms with van der Waals surface area (Å²) in [6.07, 6.45) is 1.58. The molecule has 0 atom stereocenters. The number of nitro groups is 1. The molecule has 0 aliphatic heterocycles. The summed E-state index contributed by atoms with van der Waals surface area (Å²) < 4.78 is 31.6. The van der Waals surface area contributed by atoms with Crippen LogP contribution < -0.4 is 0 Å². The second kappa shape index (κ2) is 5.27. The molecule has 1 aromatic carbocycles. The average Bonchev–Trinajstić information content (AvgIpc) is 3.07. The Balaban J connectivity index is 2.35. The molecular weight excluding hydrogens is 338 g/mol. The number of hydrogen-bond acceptors (Lipinski definition) is 7. The molecule has 0 aliphatic carbocycles. The first-order valence-electron chi connectivity index (χ1n) is 6.70. The Morgan fingerprint density at radius 2 is 2.04 bits per heavy atom. The van der Waals surface area contributed by atoms with Gasteiger partial charge in [0.05, 0.1) is 10.4 Å². The smallest absolute Gasteiger partial charge is 0.273 e. The van der Waals surface area contributed by atoms with Crippen molar-refractivity contribution in [3.05, 3.63) is 51.5 Å². The van der Waals surface area contributed by atoms with Crippen molar-refractivity contribution in [1.29, 1.82) is 0 Å². The molecule has 0 amide bonds. The molecule has 2 aromatic heterocycles. The molecular formula is C14H11N3O6S. The van der Waals surface area contributed by atoms with Crippen LogP contribution in [0.3, 0.4) is 0 Å². The second-order valence-electron chi connectivity index (χ2n) is 5.12. The number of fused-ring (bicyclic) bond motifs is 1. The maximum Gasteiger partial charge on any atom is 0.273 e. The van der Waals surface area contributed by atoms with E-state index in [1.807, 2.05) is 0 Å². The highest BCUT2D eigenvalue weighted by atomic mass is 32.2. The molecule has 10 heteroatoms. The van der Waals surface area contributed by atoms with Crippen molar-refractivity contribution in [2.75, 3.05) is 0 Å². The number of nitrogens with zero attached hydrogens (tertiary/aromatic N) is 3. The Morgan fingerprint density at radius 3 is 2.58 bits per heavy atom. The van der Waals surface area contributed by atoms with Crippen LogP contribution in [0.25, 0.3) is 10.9 Å². The summed E-state index contributed by atoms with van der Waals surface area (Å²) in [6.45, 7) is 2.95. The molecule has 9 nitrogen and oxygen atoms in total. The monoisotopic (exact) mass is 349 g/mol. The standard InChI is InChI=1S/C14H11N3O6S/c1-8-14(9(2)23-15-8)24(21,22)16-6-10(7-18)12-5-11(17(19)20)3-4-13(12)16/h3-7H,1-2H3. The number of aldehydes is 1. The van der Waals surface area contributed by atoms with Crippen LogP contribution in [-0.2, 0) is 10.0 Å². The van der Waals surface area contributed by atoms with Crippen molar-refractivity contribution in [3.63, 3.8) is 0 Å². The van der Waals surface area contributed by atoms with E-state index in [9.17, 15) is 23.3 Å². The van der Waals surface area contributed by atoms with Crippen molar-refractivity contribution in [1.82, 2.24) is 9.13 Å². The molecule has 0 spiro atoms. The third-order valence-electron chi connectivity index (χ3n) is 3.61. The number of non-ortho nitro benzene ring substituents is 1. The van der Waals surface area contributed by atoms with Gasteiger partial charge in [0.2, 0.25) is 0 Å². The van der Waals surface area contributed by atoms with E-state index in [0.717, 1.165) is 10.2 Å². The molecule has 0 saturated heterocycles. The number of carbonyl (C=O) groups excluding carboxylic acids is 1. The van der Waals surface area contributed by atoms with E-state index >= 15 is 0 Å². The van der Waals surface area contributed by atoms with Crippen molar-refractivity contribution in [3.8, 4) is 0 Å². The predicted molar refractivity (Wildman–Crippen MR) is 82.5 cm³/mol. The van der Waals surface area contributed by atoms with E-state index in [1.54, 1.807) is 0 Å². The number of nitro benzene ring substituents is 1. The van der Waals surface area contributed by atoms with Gasteiger partial charge in [-0.15, -0.1) is 0 Å². The van der Waals surface area contributed by atoms with Crippen LogP contribution >= 0.6 is 0 Å². The summed E-state index contributed by atoms with van der Waals surface area (Å²) in [5.74, 6) is 0.115. The lowest BCUT2D eigenvalue weighted by atomic mass is 10.2. The van der Waals surface area contributed by atoms with Crippen LogP contribution in [0.15, 0.2) is 33.8 Å². The van der Waals surface area contributed by atoms with Crippen LogP contribution in [0, 0.1) is 24.0 Å². The van der Waals surface area contributed by atoms with Gasteiger partial charge in [-0.2, -0.15) is 0 Å². The minimum absolute atomic E-state index is 0.0315. The topological polar surface area (TPSA) is 125 Å². The van der Waals surface area contributed by atoms with E-state index in [-0.39, 0.29) is 38.5 Å². The van der Waals surface area contributed by atoms with Gasteiger partial charge >= 0.3 is 0 Å². The van der Waals surface area contributed by atoms with Crippen molar-refractivity contribution < 1.29 is 22.7 Å². The van der Waals surface area contributed by atoms with Gasteiger partial charge in [0.15, 0.2) is 16.9 Å². The fourth-order valence-corrected chi connectivity index (χ4v) is 4.24. The molecule has 3 aromatic rings. The summed E-state index contributed by atoms with van der Waals surface area (Å²) >= 11 is 0. The Kier molecular flexibility index (Phi) is 3.48. The Labute approximate surface area is 135 Å². The maximum absolute atomic E-state index is 12.9. The molecule has 2 heterocycles. The second-order valence-corrected chi connectivity index (χ2v) is 6.87. The van der Waals surface area contributed by atoms with Gasteiger partial charge in [0.25, 0.3) is 15.7 Å². The van der Waals surface area contributed by atoms with Gasteiger partial charge in [0.1, 0.15) is 5.69 Å². The highest BCUT2D eigenvalue weighted by Gasteiger charge is 2.28. The molecule has 0 radical (unpaired) electrons. The molecule has 0 saturated carbocycles. The molecule has 3 rings (SSSR count). The summed E-state index contributed by atoms with van der Waals surface area (Å²) in [6, 6.07) is 3.63. The minimum Gasteiger partial charge on any atom is -0.360 e. The van der Waals surface area contributed by atoms with Crippen LogP contribution in [-0.4, -0.2) is 28.8 Å². The zero-order chi connectivity index (χ0) is 17.6. The Bertz CT molecular complexity index is 1070. The largest absolute Gasteiger partial charge is 0.360 e. The lowest BCUT2D eigenvalue weighted by Crippen LogP contribution is -2.13. The van der Waals surface area contributed by atoms with Gasteiger partial charge in [-0.25, -0.2) is 12.4 Å². The minimum atomic E-state index is -4.07. The summed E-state index contributed by atoms with van der Waals surface area (Å²) in [4.78, 5) is 21.4. The lowest BCUT2D eigenvalue weighted by molar-refractivity contribution is -0.384. The number of rotatable bonds is 4. The number of aromatic nitrogens is 2. The number of aryl methyl sites for hydroxylation is 2. The Morgan fingerprint density at radius 1 is 1.33 bits per heavy atom. The summed E-state index contributed by atoms with van der Waals surface area (Å²) in [5.41, 5.74) is 0.133. The van der Waals surface area contributed by atoms with Crippen molar-refractivity contribution in [2.45, 2.75) is 18.7 Å². The van der Waals surface area contributed by atoms with Crippen molar-refractivity contribution >= 4 is 32.9 Å². The van der Waals surface area contributed by atoms with Crippen LogP contribution in [0.2, 0.25) is 0 Å². The SMILES string of the molecule is Cc1noc(C)c1S(=O)(=O)n1cc(C=O)c2cc([N+](=O)[O-])ccc21. The highest BCUT2D eigenvalue weighted by Crippen LogP contribution is 2.30. The van der Waals surface area contributed by atoms with Crippen molar-refractivity contribution in [2.24, 2.45) is 0 Å². The number of benzene rings is 1. The summed E-state index contributed by atoms with van der Waals surface area (Å²) in [7, 11) is -4.07. The fourth-order valence-electron chi connectivity index (χ4n) is 2.56. The first-order chi connectivity index (χ1) is 11.3. The number of hydrogen-bond donors (Lipinski definition) is 0. The third-order valence-corrected chi connectivity index (χ3v) is 5.53. The molecule has 0 fully saturated rings. The van der Waals surface area contributed by atoms with Crippen LogP contribution in [0.5, 0.6) is 0 Å². The van der Waals surface area contributed by atoms with E-state index in [0.29, 0.717) is 6.29 Å². The fraction of sp³-hybridized carbons (Fsp3) is 0.143. The molecule has 24 heavy (non-hydrogen) atoms. The van der Waals surface area contributed by atoms with Gasteiger partial charge in [-0.05, 0) is 19.9 Å². The number of carbonyl (C=O) groups is 1. The quantitative estimate of drug-likeness (QED) is 0.401. The first kappa shape index (κ1) is 15.9. The third kappa shape index (κ3) is 2.19. The maximum atomic E-state index is 12.9. The molecule has 0 unspecified atom stereocenters. The van der Waals surface area contributed by atoms with Gasteiger partial charge in [-0.3, -0.25) is 14.9 Å². The average molecular weight is 349 g/mol. The van der Waals surface area contributed by atoms with E-state index in [4.69, 9.17) is 4.52 Å². The van der Waals surface area contributed by atoms with E-state index in [2.05, 4.69) is 5.16 Å². The summed E-state index contributed by atoms with van der Waals surface area (Å²) in [5, 5.41) is 14.7. The molecule has 0 aliphatic rings. The van der Waals surface area contributed by atoms with Gasteiger partial charge in [-0.1, -0.05) is 5.16 Å². The predicted octanol–water partition coefficient (Wildman–Crippen LogP) is 2.20. The normalized spacial score (nSPS) is 11.8. The Hall–Kier alpha value is -3.01. The molecule has 0 N–H and O–H groups in total. The zero-order valence-corrected chi connectivity index (χ0v) is 13.4. The molecule has 0 bridgehead atoms. The first-order valence-corrected chi connectivity index (χ1v) is 8.14. The molecule has 124 valence electrons. The van der Waals surface area contributed by atoms with Crippen LogP contribution in [0.1, 0.15) is 21.8 Å². The van der Waals surface area contributed by atoms with E-state index < -0.39 is 14.9 Å². The van der Waals surface area contributed by atoms with Gasteiger partial charge < -0.3 is 4.52 Å². The van der Waals surface area contributed by atoms with Crippen LogP contribution in [0.4, 0.5) is 5.69 Å². The van der Waals surface area contributed by atoms with Gasteiger partial charge in [0, 0.05) is 29.3 Å². The highest BCUT2D eigenvalue weighted by molar-refractivity contribution is 7.90. The lowest BCUT2D eigenvalue weighted by Gasteiger charge is -2.06. The van der Waals surface area contributed by atoms with E-state index in [1.165, 1.54) is 32.0 Å². The zero-order valence-electron chi connectivity index (χ0n) is 12.6.